The molecular formula is C15H27ClN4O2. The second-order valence-corrected chi connectivity index (χ2v) is 5.71. The van der Waals surface area contributed by atoms with Gasteiger partial charge in [-0.05, 0) is 51.9 Å². The third kappa shape index (κ3) is 6.34. The molecule has 0 aliphatic carbocycles. The van der Waals surface area contributed by atoms with Crippen molar-refractivity contribution in [3.8, 4) is 0 Å². The minimum atomic E-state index is -0.00178. The van der Waals surface area contributed by atoms with E-state index in [9.17, 15) is 4.79 Å². The van der Waals surface area contributed by atoms with Gasteiger partial charge in [0.05, 0.1) is 0 Å². The molecule has 6 nitrogen and oxygen atoms in total. The van der Waals surface area contributed by atoms with Gasteiger partial charge in [-0.15, -0.1) is 12.4 Å². The number of carbonyl (C=O) groups is 1. The van der Waals surface area contributed by atoms with Gasteiger partial charge in [-0.3, -0.25) is 4.79 Å². The zero-order valence-corrected chi connectivity index (χ0v) is 14.2. The Bertz CT molecular complexity index is 445. The van der Waals surface area contributed by atoms with Crippen LogP contribution in [0.1, 0.15) is 31.9 Å². The first kappa shape index (κ1) is 18.9. The van der Waals surface area contributed by atoms with Gasteiger partial charge in [0.2, 0.25) is 5.91 Å². The lowest BCUT2D eigenvalue weighted by Gasteiger charge is -2.31. The van der Waals surface area contributed by atoms with Crippen LogP contribution in [-0.2, 0) is 4.79 Å². The molecule has 2 heterocycles. The number of aryl methyl sites for hydroxylation is 1. The van der Waals surface area contributed by atoms with E-state index < -0.39 is 0 Å². The molecule has 0 saturated carbocycles. The van der Waals surface area contributed by atoms with Crippen LogP contribution in [-0.4, -0.2) is 48.7 Å². The summed E-state index contributed by atoms with van der Waals surface area (Å²) < 4.78 is 4.92. The first-order valence-electron chi connectivity index (χ1n) is 7.83. The fourth-order valence-corrected chi connectivity index (χ4v) is 2.65. The number of rotatable bonds is 7. The van der Waals surface area contributed by atoms with E-state index in [4.69, 9.17) is 4.52 Å². The number of nitrogens with one attached hydrogen (secondary N) is 2. The van der Waals surface area contributed by atoms with Crippen molar-refractivity contribution < 1.29 is 9.32 Å². The van der Waals surface area contributed by atoms with Gasteiger partial charge >= 0.3 is 0 Å². The zero-order chi connectivity index (χ0) is 15.1. The van der Waals surface area contributed by atoms with Crippen molar-refractivity contribution in [3.05, 3.63) is 11.8 Å². The number of hydrogen-bond donors (Lipinski definition) is 2. The summed E-state index contributed by atoms with van der Waals surface area (Å²) in [7, 11) is 0. The maximum atomic E-state index is 11.8. The largest absolute Gasteiger partial charge is 0.360 e. The lowest BCUT2D eigenvalue weighted by molar-refractivity contribution is -0.116. The van der Waals surface area contributed by atoms with Gasteiger partial charge in [-0.25, -0.2) is 0 Å². The highest BCUT2D eigenvalue weighted by atomic mass is 35.5. The van der Waals surface area contributed by atoms with E-state index in [0.717, 1.165) is 38.6 Å². The quantitative estimate of drug-likeness (QED) is 0.800. The number of nitrogens with zero attached hydrogens (tertiary/aromatic N) is 2. The molecule has 0 spiro atoms. The minimum Gasteiger partial charge on any atom is -0.360 e. The van der Waals surface area contributed by atoms with E-state index in [0.29, 0.717) is 18.0 Å². The second kappa shape index (κ2) is 9.82. The van der Waals surface area contributed by atoms with E-state index in [-0.39, 0.29) is 18.3 Å². The molecule has 0 unspecified atom stereocenters. The molecule has 7 heteroatoms. The Hall–Kier alpha value is -1.11. The Labute approximate surface area is 138 Å². The molecule has 1 fully saturated rings. The van der Waals surface area contributed by atoms with E-state index >= 15 is 0 Å². The minimum absolute atomic E-state index is 0. The van der Waals surface area contributed by atoms with Crippen LogP contribution < -0.4 is 10.6 Å². The van der Waals surface area contributed by atoms with Gasteiger partial charge in [0, 0.05) is 19.0 Å². The molecule has 0 radical (unpaired) electrons. The number of carbonyl (C=O) groups excluding carboxylic acids is 1. The molecule has 22 heavy (non-hydrogen) atoms. The summed E-state index contributed by atoms with van der Waals surface area (Å²) in [6, 6.07) is 1.73. The van der Waals surface area contributed by atoms with Gasteiger partial charge in [-0.1, -0.05) is 12.1 Å². The third-order valence-electron chi connectivity index (χ3n) is 3.94. The normalized spacial score (nSPS) is 16.3. The van der Waals surface area contributed by atoms with Crippen LogP contribution >= 0.6 is 12.4 Å². The summed E-state index contributed by atoms with van der Waals surface area (Å²) in [5.41, 5.74) is 0. The smallest absolute Gasteiger partial charge is 0.226 e. The average molecular weight is 331 g/mol. The van der Waals surface area contributed by atoms with Crippen LogP contribution in [0.15, 0.2) is 10.6 Å². The molecule has 1 amide bonds. The molecule has 0 atom stereocenters. The summed E-state index contributed by atoms with van der Waals surface area (Å²) >= 11 is 0. The van der Waals surface area contributed by atoms with Crippen LogP contribution in [0.5, 0.6) is 0 Å². The standard InChI is InChI=1S/C15H26N4O2.ClH/c1-3-16-11-13-4-7-19(8-5-13)9-6-15(20)17-14-10-12(2)21-18-14;/h10,13,16H,3-9,11H2,1-2H3,(H,17,18,20);1H. The fourth-order valence-electron chi connectivity index (χ4n) is 2.65. The van der Waals surface area contributed by atoms with E-state index in [1.54, 1.807) is 13.0 Å². The van der Waals surface area contributed by atoms with Crippen LogP contribution in [0.2, 0.25) is 0 Å². The number of hydrogen-bond acceptors (Lipinski definition) is 5. The third-order valence-corrected chi connectivity index (χ3v) is 3.94. The fraction of sp³-hybridized carbons (Fsp3) is 0.733. The van der Waals surface area contributed by atoms with Crippen molar-refractivity contribution in [1.82, 2.24) is 15.4 Å². The Morgan fingerprint density at radius 1 is 1.45 bits per heavy atom. The SMILES string of the molecule is CCNCC1CCN(CCC(=O)Nc2cc(C)on2)CC1.Cl. The number of anilines is 1. The Morgan fingerprint density at radius 2 is 2.18 bits per heavy atom. The molecule has 0 bridgehead atoms. The highest BCUT2D eigenvalue weighted by Gasteiger charge is 2.19. The van der Waals surface area contributed by atoms with E-state index in [2.05, 4.69) is 27.6 Å². The van der Waals surface area contributed by atoms with Gasteiger partial charge in [-0.2, -0.15) is 0 Å². The Balaban J connectivity index is 0.00000242. The topological polar surface area (TPSA) is 70.4 Å². The summed E-state index contributed by atoms with van der Waals surface area (Å²) in [5.74, 6) is 1.99. The summed E-state index contributed by atoms with van der Waals surface area (Å²) in [6.45, 7) is 9.11. The highest BCUT2D eigenvalue weighted by molar-refractivity contribution is 5.89. The molecule has 2 rings (SSSR count). The zero-order valence-electron chi connectivity index (χ0n) is 13.4. The number of amides is 1. The number of likely N-dealkylation sites (tertiary alicyclic amines) is 1. The van der Waals surface area contributed by atoms with Crippen molar-refractivity contribution in [1.29, 1.82) is 0 Å². The molecular weight excluding hydrogens is 304 g/mol. The molecule has 1 saturated heterocycles. The van der Waals surface area contributed by atoms with Gasteiger partial charge in [0.25, 0.3) is 0 Å². The van der Waals surface area contributed by atoms with Crippen LogP contribution in [0.4, 0.5) is 5.82 Å². The maximum Gasteiger partial charge on any atom is 0.226 e. The highest BCUT2D eigenvalue weighted by Crippen LogP contribution is 2.16. The first-order valence-corrected chi connectivity index (χ1v) is 7.83. The molecule has 1 aromatic heterocycles. The van der Waals surface area contributed by atoms with Crippen molar-refractivity contribution >= 4 is 24.1 Å². The number of halogens is 1. The molecule has 0 aromatic carbocycles. The maximum absolute atomic E-state index is 11.8. The van der Waals surface area contributed by atoms with Gasteiger partial charge in [0.1, 0.15) is 5.76 Å². The predicted octanol–water partition coefficient (Wildman–Crippen LogP) is 2.05. The second-order valence-electron chi connectivity index (χ2n) is 5.71. The molecule has 1 aliphatic rings. The van der Waals surface area contributed by atoms with Gasteiger partial charge < -0.3 is 20.1 Å². The van der Waals surface area contributed by atoms with Crippen LogP contribution in [0, 0.1) is 12.8 Å². The van der Waals surface area contributed by atoms with Crippen LogP contribution in [0.3, 0.4) is 0 Å². The molecule has 1 aliphatic heterocycles. The summed E-state index contributed by atoms with van der Waals surface area (Å²) in [5, 5.41) is 9.93. The van der Waals surface area contributed by atoms with Crippen molar-refractivity contribution in [2.75, 3.05) is 38.0 Å². The summed E-state index contributed by atoms with van der Waals surface area (Å²) in [4.78, 5) is 14.2. The molecule has 1 aromatic rings. The summed E-state index contributed by atoms with van der Waals surface area (Å²) in [6.07, 6.45) is 2.94. The number of aromatic nitrogens is 1. The average Bonchev–Trinajstić information content (AvgIpc) is 2.89. The number of piperidine rings is 1. The Morgan fingerprint density at radius 3 is 2.77 bits per heavy atom. The monoisotopic (exact) mass is 330 g/mol. The first-order chi connectivity index (χ1) is 10.2. The van der Waals surface area contributed by atoms with E-state index in [1.807, 2.05) is 0 Å². The molecule has 126 valence electrons. The molecule has 2 N–H and O–H groups in total. The van der Waals surface area contributed by atoms with Crippen LogP contribution in [0.25, 0.3) is 0 Å². The Kier molecular flexibility index (Phi) is 8.45. The van der Waals surface area contributed by atoms with Gasteiger partial charge in [0.15, 0.2) is 5.82 Å². The predicted molar refractivity (Wildman–Crippen MR) is 89.4 cm³/mol. The van der Waals surface area contributed by atoms with Crippen molar-refractivity contribution in [2.24, 2.45) is 5.92 Å². The van der Waals surface area contributed by atoms with Crippen molar-refractivity contribution in [3.63, 3.8) is 0 Å². The lowest BCUT2D eigenvalue weighted by Crippen LogP contribution is -2.38. The van der Waals surface area contributed by atoms with E-state index in [1.165, 1.54) is 12.8 Å². The van der Waals surface area contributed by atoms with Crippen molar-refractivity contribution in [2.45, 2.75) is 33.1 Å². The lowest BCUT2D eigenvalue weighted by atomic mass is 9.96.